The SMILES string of the molecule is CN(C(=O)Cc1ccccc1Cl)c1ccc(Br)cc1N. The molecule has 1 amide bonds. The molecule has 0 atom stereocenters. The molecule has 5 heteroatoms. The zero-order valence-corrected chi connectivity index (χ0v) is 13.3. The van der Waals surface area contributed by atoms with Crippen LogP contribution >= 0.6 is 27.5 Å². The minimum Gasteiger partial charge on any atom is -0.397 e. The van der Waals surface area contributed by atoms with Crippen molar-refractivity contribution in [3.8, 4) is 0 Å². The van der Waals surface area contributed by atoms with Gasteiger partial charge in [0.15, 0.2) is 0 Å². The third-order valence-corrected chi connectivity index (χ3v) is 3.89. The summed E-state index contributed by atoms with van der Waals surface area (Å²) in [7, 11) is 1.71. The van der Waals surface area contributed by atoms with Crippen LogP contribution in [0, 0.1) is 0 Å². The second-order valence-corrected chi connectivity index (χ2v) is 5.75. The van der Waals surface area contributed by atoms with Gasteiger partial charge in [-0.25, -0.2) is 0 Å². The molecule has 0 bridgehead atoms. The van der Waals surface area contributed by atoms with Crippen LogP contribution < -0.4 is 10.6 Å². The number of nitrogens with zero attached hydrogens (tertiary/aromatic N) is 1. The topological polar surface area (TPSA) is 46.3 Å². The van der Waals surface area contributed by atoms with Crippen LogP contribution in [-0.4, -0.2) is 13.0 Å². The van der Waals surface area contributed by atoms with Gasteiger partial charge in [-0.3, -0.25) is 4.79 Å². The molecule has 0 aliphatic rings. The molecule has 0 aromatic heterocycles. The number of hydrogen-bond donors (Lipinski definition) is 1. The Balaban J connectivity index is 2.19. The fourth-order valence-electron chi connectivity index (χ4n) is 1.89. The molecule has 0 aliphatic heterocycles. The van der Waals surface area contributed by atoms with Crippen LogP contribution in [0.1, 0.15) is 5.56 Å². The van der Waals surface area contributed by atoms with Crippen molar-refractivity contribution in [3.05, 3.63) is 57.5 Å². The van der Waals surface area contributed by atoms with Crippen LogP contribution in [-0.2, 0) is 11.2 Å². The molecule has 104 valence electrons. The number of anilines is 2. The molecule has 2 N–H and O–H groups in total. The lowest BCUT2D eigenvalue weighted by Crippen LogP contribution is -2.28. The number of carbonyl (C=O) groups excluding carboxylic acids is 1. The third kappa shape index (κ3) is 3.32. The van der Waals surface area contributed by atoms with E-state index in [0.717, 1.165) is 10.0 Å². The Labute approximate surface area is 131 Å². The van der Waals surface area contributed by atoms with E-state index in [1.54, 1.807) is 24.1 Å². The van der Waals surface area contributed by atoms with Crippen LogP contribution in [0.25, 0.3) is 0 Å². The summed E-state index contributed by atoms with van der Waals surface area (Å²) in [5, 5.41) is 0.595. The quantitative estimate of drug-likeness (QED) is 0.851. The first-order valence-corrected chi connectivity index (χ1v) is 7.21. The van der Waals surface area contributed by atoms with E-state index >= 15 is 0 Å². The van der Waals surface area contributed by atoms with Gasteiger partial charge in [-0.1, -0.05) is 45.7 Å². The van der Waals surface area contributed by atoms with Gasteiger partial charge in [0.05, 0.1) is 17.8 Å². The summed E-state index contributed by atoms with van der Waals surface area (Å²) in [6.45, 7) is 0. The zero-order valence-electron chi connectivity index (χ0n) is 10.9. The molecule has 0 spiro atoms. The molecule has 3 nitrogen and oxygen atoms in total. The summed E-state index contributed by atoms with van der Waals surface area (Å²) >= 11 is 9.41. The molecule has 20 heavy (non-hydrogen) atoms. The average molecular weight is 354 g/mol. The van der Waals surface area contributed by atoms with Crippen LogP contribution in [0.4, 0.5) is 11.4 Å². The Kier molecular flexibility index (Phi) is 4.68. The molecule has 2 aromatic rings. The molecular weight excluding hydrogens is 340 g/mol. The molecule has 0 aliphatic carbocycles. The molecule has 0 radical (unpaired) electrons. The Hall–Kier alpha value is -1.52. The Morgan fingerprint density at radius 3 is 2.65 bits per heavy atom. The molecule has 0 fully saturated rings. The summed E-state index contributed by atoms with van der Waals surface area (Å²) in [4.78, 5) is 13.8. The predicted octanol–water partition coefficient (Wildman–Crippen LogP) is 3.89. The first-order chi connectivity index (χ1) is 9.49. The van der Waals surface area contributed by atoms with Crippen molar-refractivity contribution in [2.45, 2.75) is 6.42 Å². The monoisotopic (exact) mass is 352 g/mol. The molecular formula is C15H14BrClN2O. The smallest absolute Gasteiger partial charge is 0.231 e. The van der Waals surface area contributed by atoms with E-state index < -0.39 is 0 Å². The Morgan fingerprint density at radius 2 is 2.00 bits per heavy atom. The minimum atomic E-state index is -0.0628. The van der Waals surface area contributed by atoms with Crippen LogP contribution in [0.3, 0.4) is 0 Å². The zero-order chi connectivity index (χ0) is 14.7. The number of hydrogen-bond acceptors (Lipinski definition) is 2. The highest BCUT2D eigenvalue weighted by Crippen LogP contribution is 2.26. The molecule has 2 aromatic carbocycles. The number of carbonyl (C=O) groups is 1. The summed E-state index contributed by atoms with van der Waals surface area (Å²) in [5.41, 5.74) is 7.98. The summed E-state index contributed by atoms with van der Waals surface area (Å²) in [6, 6.07) is 12.8. The fourth-order valence-corrected chi connectivity index (χ4v) is 2.47. The number of amides is 1. The van der Waals surface area contributed by atoms with E-state index in [2.05, 4.69) is 15.9 Å². The van der Waals surface area contributed by atoms with Gasteiger partial charge in [-0.15, -0.1) is 0 Å². The van der Waals surface area contributed by atoms with Gasteiger partial charge in [0.1, 0.15) is 0 Å². The van der Waals surface area contributed by atoms with Crippen LogP contribution in [0.2, 0.25) is 5.02 Å². The highest BCUT2D eigenvalue weighted by molar-refractivity contribution is 9.10. The maximum atomic E-state index is 12.3. The second-order valence-electron chi connectivity index (χ2n) is 4.42. The second kappa shape index (κ2) is 6.29. The van der Waals surface area contributed by atoms with Crippen LogP contribution in [0.5, 0.6) is 0 Å². The maximum absolute atomic E-state index is 12.3. The van der Waals surface area contributed by atoms with E-state index in [-0.39, 0.29) is 12.3 Å². The van der Waals surface area contributed by atoms with Crippen molar-refractivity contribution in [1.82, 2.24) is 0 Å². The van der Waals surface area contributed by atoms with E-state index in [1.807, 2.05) is 30.3 Å². The van der Waals surface area contributed by atoms with E-state index in [0.29, 0.717) is 16.4 Å². The van der Waals surface area contributed by atoms with Gasteiger partial charge < -0.3 is 10.6 Å². The number of rotatable bonds is 3. The van der Waals surface area contributed by atoms with E-state index in [1.165, 1.54) is 0 Å². The largest absolute Gasteiger partial charge is 0.397 e. The van der Waals surface area contributed by atoms with Crippen molar-refractivity contribution in [3.63, 3.8) is 0 Å². The third-order valence-electron chi connectivity index (χ3n) is 3.02. The summed E-state index contributed by atoms with van der Waals surface area (Å²) in [5.74, 6) is -0.0628. The molecule has 0 saturated carbocycles. The van der Waals surface area contributed by atoms with Gasteiger partial charge in [-0.05, 0) is 29.8 Å². The number of nitrogen functional groups attached to an aromatic ring is 1. The predicted molar refractivity (Wildman–Crippen MR) is 87.1 cm³/mol. The summed E-state index contributed by atoms with van der Waals surface area (Å²) in [6.07, 6.45) is 0.242. The molecule has 0 saturated heterocycles. The Morgan fingerprint density at radius 1 is 1.30 bits per heavy atom. The van der Waals surface area contributed by atoms with Crippen molar-refractivity contribution < 1.29 is 4.79 Å². The highest BCUT2D eigenvalue weighted by atomic mass is 79.9. The average Bonchev–Trinajstić information content (AvgIpc) is 2.40. The Bertz CT molecular complexity index is 646. The molecule has 0 unspecified atom stereocenters. The number of benzene rings is 2. The first-order valence-electron chi connectivity index (χ1n) is 6.04. The maximum Gasteiger partial charge on any atom is 0.231 e. The number of nitrogens with two attached hydrogens (primary N) is 1. The number of halogens is 2. The van der Waals surface area contributed by atoms with Crippen molar-refractivity contribution in [1.29, 1.82) is 0 Å². The standard InChI is InChI=1S/C15H14BrClN2O/c1-19(14-7-6-11(16)9-13(14)18)15(20)8-10-4-2-3-5-12(10)17/h2-7,9H,8,18H2,1H3. The van der Waals surface area contributed by atoms with E-state index in [4.69, 9.17) is 17.3 Å². The van der Waals surface area contributed by atoms with Crippen molar-refractivity contribution in [2.24, 2.45) is 0 Å². The van der Waals surface area contributed by atoms with Gasteiger partial charge in [0.25, 0.3) is 0 Å². The van der Waals surface area contributed by atoms with Gasteiger partial charge in [0.2, 0.25) is 5.91 Å². The minimum absolute atomic E-state index is 0.0628. The lowest BCUT2D eigenvalue weighted by Gasteiger charge is -2.19. The summed E-state index contributed by atoms with van der Waals surface area (Å²) < 4.78 is 0.880. The molecule has 0 heterocycles. The number of likely N-dealkylation sites (N-methyl/N-ethyl adjacent to an activating group) is 1. The first kappa shape index (κ1) is 14.9. The highest BCUT2D eigenvalue weighted by Gasteiger charge is 2.15. The van der Waals surface area contributed by atoms with E-state index in [9.17, 15) is 4.79 Å². The van der Waals surface area contributed by atoms with Gasteiger partial charge in [-0.2, -0.15) is 0 Å². The molecule has 2 rings (SSSR count). The van der Waals surface area contributed by atoms with Crippen molar-refractivity contribution in [2.75, 3.05) is 17.7 Å². The van der Waals surface area contributed by atoms with Crippen molar-refractivity contribution >= 4 is 44.8 Å². The lowest BCUT2D eigenvalue weighted by molar-refractivity contribution is -0.117. The fraction of sp³-hybridized carbons (Fsp3) is 0.133. The normalized spacial score (nSPS) is 10.3. The van der Waals surface area contributed by atoms with Crippen LogP contribution in [0.15, 0.2) is 46.9 Å². The van der Waals surface area contributed by atoms with Gasteiger partial charge >= 0.3 is 0 Å². The van der Waals surface area contributed by atoms with Gasteiger partial charge in [0, 0.05) is 16.5 Å². The lowest BCUT2D eigenvalue weighted by atomic mass is 10.1.